The van der Waals surface area contributed by atoms with Gasteiger partial charge in [0.2, 0.25) is 0 Å². The van der Waals surface area contributed by atoms with Crippen molar-refractivity contribution in [3.63, 3.8) is 0 Å². The average molecular weight is 364 g/mol. The first-order chi connectivity index (χ1) is 11.6. The molecular formula is C19H22ClNO2S. The molecule has 5 heteroatoms. The molecule has 1 unspecified atom stereocenters. The summed E-state index contributed by atoms with van der Waals surface area (Å²) in [7, 11) is 0. The second-order valence-corrected chi connectivity index (χ2v) is 8.03. The maximum Gasteiger partial charge on any atom is 0.306 e. The number of benzene rings is 1. The standard InChI is InChI=1S/C19H22ClNO2S/c1-2-13-3-5-14(6-4-13)18(16-7-8-17(20)24-16)21-11-9-15(10-12-21)19(22)23/h3-8,15,18H,2,9-12H2,1H3,(H,22,23). The largest absolute Gasteiger partial charge is 0.481 e. The van der Waals surface area contributed by atoms with Crippen LogP contribution in [0.25, 0.3) is 0 Å². The van der Waals surface area contributed by atoms with E-state index in [2.05, 4.69) is 42.2 Å². The predicted molar refractivity (Wildman–Crippen MR) is 98.9 cm³/mol. The molecule has 1 fully saturated rings. The number of hydrogen-bond donors (Lipinski definition) is 1. The quantitative estimate of drug-likeness (QED) is 0.825. The number of rotatable bonds is 5. The normalized spacial score (nSPS) is 17.8. The summed E-state index contributed by atoms with van der Waals surface area (Å²) in [4.78, 5) is 14.8. The lowest BCUT2D eigenvalue weighted by molar-refractivity contribution is -0.143. The van der Waals surface area contributed by atoms with Crippen LogP contribution in [0.1, 0.15) is 41.8 Å². The minimum atomic E-state index is -0.669. The average Bonchev–Trinajstić information content (AvgIpc) is 3.02. The van der Waals surface area contributed by atoms with Crippen LogP contribution in [0.4, 0.5) is 0 Å². The van der Waals surface area contributed by atoms with Gasteiger partial charge in [0.15, 0.2) is 0 Å². The van der Waals surface area contributed by atoms with Gasteiger partial charge in [0.1, 0.15) is 0 Å². The number of likely N-dealkylation sites (tertiary alicyclic amines) is 1. The number of halogens is 1. The fourth-order valence-corrected chi connectivity index (χ4v) is 4.59. The van der Waals surface area contributed by atoms with Gasteiger partial charge in [-0.1, -0.05) is 42.8 Å². The van der Waals surface area contributed by atoms with Crippen molar-refractivity contribution in [2.45, 2.75) is 32.2 Å². The van der Waals surface area contributed by atoms with Crippen molar-refractivity contribution in [1.82, 2.24) is 4.90 Å². The zero-order valence-corrected chi connectivity index (χ0v) is 15.3. The Labute approximate surface area is 151 Å². The molecule has 1 atom stereocenters. The molecule has 3 nitrogen and oxygen atoms in total. The molecule has 0 bridgehead atoms. The molecule has 128 valence electrons. The van der Waals surface area contributed by atoms with Crippen LogP contribution in [-0.4, -0.2) is 29.1 Å². The van der Waals surface area contributed by atoms with Gasteiger partial charge in [-0.3, -0.25) is 9.69 Å². The third-order valence-corrected chi connectivity index (χ3v) is 6.09. The zero-order valence-electron chi connectivity index (χ0n) is 13.7. The Kier molecular flexibility index (Phi) is 5.59. The summed E-state index contributed by atoms with van der Waals surface area (Å²) in [6, 6.07) is 12.9. The van der Waals surface area contributed by atoms with E-state index < -0.39 is 5.97 Å². The van der Waals surface area contributed by atoms with E-state index in [4.69, 9.17) is 11.6 Å². The Morgan fingerprint density at radius 2 is 1.92 bits per heavy atom. The van der Waals surface area contributed by atoms with E-state index in [1.165, 1.54) is 16.0 Å². The summed E-state index contributed by atoms with van der Waals surface area (Å²) in [5.41, 5.74) is 2.57. The van der Waals surface area contributed by atoms with Gasteiger partial charge < -0.3 is 5.11 Å². The molecule has 3 rings (SSSR count). The first kappa shape index (κ1) is 17.5. The lowest BCUT2D eigenvalue weighted by Crippen LogP contribution is -2.39. The number of aryl methyl sites for hydroxylation is 1. The van der Waals surface area contributed by atoms with Crippen molar-refractivity contribution in [2.24, 2.45) is 5.92 Å². The van der Waals surface area contributed by atoms with E-state index in [0.717, 1.165) is 23.8 Å². The number of carbonyl (C=O) groups is 1. The Hall–Kier alpha value is -1.36. The monoisotopic (exact) mass is 363 g/mol. The van der Waals surface area contributed by atoms with E-state index in [-0.39, 0.29) is 12.0 Å². The topological polar surface area (TPSA) is 40.5 Å². The number of carboxylic acid groups (broad SMARTS) is 1. The highest BCUT2D eigenvalue weighted by Crippen LogP contribution is 2.37. The third kappa shape index (κ3) is 3.82. The van der Waals surface area contributed by atoms with Gasteiger partial charge in [-0.05, 0) is 55.6 Å². The van der Waals surface area contributed by atoms with Crippen LogP contribution in [0.3, 0.4) is 0 Å². The van der Waals surface area contributed by atoms with Gasteiger partial charge in [-0.2, -0.15) is 0 Å². The Morgan fingerprint density at radius 1 is 1.25 bits per heavy atom. The highest BCUT2D eigenvalue weighted by Gasteiger charge is 2.30. The molecule has 1 aliphatic heterocycles. The fourth-order valence-electron chi connectivity index (χ4n) is 3.37. The SMILES string of the molecule is CCc1ccc(C(c2ccc(Cl)s2)N2CCC(C(=O)O)CC2)cc1. The fraction of sp³-hybridized carbons (Fsp3) is 0.421. The third-order valence-electron chi connectivity index (χ3n) is 4.81. The molecule has 0 amide bonds. The van der Waals surface area contributed by atoms with E-state index in [0.29, 0.717) is 12.8 Å². The van der Waals surface area contributed by atoms with Crippen molar-refractivity contribution in [3.8, 4) is 0 Å². The minimum Gasteiger partial charge on any atom is -0.481 e. The van der Waals surface area contributed by atoms with Crippen LogP contribution in [-0.2, 0) is 11.2 Å². The Morgan fingerprint density at radius 3 is 2.42 bits per heavy atom. The highest BCUT2D eigenvalue weighted by atomic mass is 35.5. The maximum atomic E-state index is 11.2. The van der Waals surface area contributed by atoms with E-state index in [9.17, 15) is 9.90 Å². The highest BCUT2D eigenvalue weighted by molar-refractivity contribution is 7.16. The molecule has 1 aromatic carbocycles. The van der Waals surface area contributed by atoms with Gasteiger partial charge in [-0.25, -0.2) is 0 Å². The summed E-state index contributed by atoms with van der Waals surface area (Å²) in [6.07, 6.45) is 2.44. The molecule has 0 saturated carbocycles. The van der Waals surface area contributed by atoms with Gasteiger partial charge >= 0.3 is 5.97 Å². The van der Waals surface area contributed by atoms with Crippen LogP contribution < -0.4 is 0 Å². The number of hydrogen-bond acceptors (Lipinski definition) is 3. The smallest absolute Gasteiger partial charge is 0.306 e. The zero-order chi connectivity index (χ0) is 17.1. The molecule has 0 spiro atoms. The molecule has 2 heterocycles. The summed E-state index contributed by atoms with van der Waals surface area (Å²) in [5.74, 6) is -0.881. The van der Waals surface area contributed by atoms with E-state index in [1.54, 1.807) is 11.3 Å². The molecular weight excluding hydrogens is 342 g/mol. The van der Waals surface area contributed by atoms with Crippen molar-refractivity contribution < 1.29 is 9.90 Å². The minimum absolute atomic E-state index is 0.156. The second kappa shape index (κ2) is 7.68. The molecule has 2 aromatic rings. The van der Waals surface area contributed by atoms with Crippen molar-refractivity contribution in [1.29, 1.82) is 0 Å². The lowest BCUT2D eigenvalue weighted by atomic mass is 9.93. The van der Waals surface area contributed by atoms with Crippen molar-refractivity contribution >= 4 is 28.9 Å². The number of aliphatic carboxylic acids is 1. The predicted octanol–water partition coefficient (Wildman–Crippen LogP) is 4.85. The first-order valence-corrected chi connectivity index (χ1v) is 9.59. The van der Waals surface area contributed by atoms with Crippen LogP contribution in [0.15, 0.2) is 36.4 Å². The number of thiophene rings is 1. The summed E-state index contributed by atoms with van der Waals surface area (Å²) in [5, 5.41) is 9.22. The summed E-state index contributed by atoms with van der Waals surface area (Å²) >= 11 is 7.77. The van der Waals surface area contributed by atoms with Crippen LogP contribution in [0, 0.1) is 5.92 Å². The van der Waals surface area contributed by atoms with E-state index in [1.807, 2.05) is 6.07 Å². The number of piperidine rings is 1. The Bertz CT molecular complexity index is 690. The second-order valence-electron chi connectivity index (χ2n) is 6.29. The summed E-state index contributed by atoms with van der Waals surface area (Å²) < 4.78 is 0.792. The number of nitrogens with zero attached hydrogens (tertiary/aromatic N) is 1. The molecule has 1 aliphatic rings. The molecule has 24 heavy (non-hydrogen) atoms. The molecule has 1 saturated heterocycles. The molecule has 0 radical (unpaired) electrons. The lowest BCUT2D eigenvalue weighted by Gasteiger charge is -2.36. The molecule has 0 aliphatic carbocycles. The molecule has 1 N–H and O–H groups in total. The van der Waals surface area contributed by atoms with Crippen LogP contribution in [0.5, 0.6) is 0 Å². The van der Waals surface area contributed by atoms with E-state index >= 15 is 0 Å². The maximum absolute atomic E-state index is 11.2. The van der Waals surface area contributed by atoms with Gasteiger partial charge in [-0.15, -0.1) is 11.3 Å². The van der Waals surface area contributed by atoms with Gasteiger partial charge in [0.05, 0.1) is 16.3 Å². The van der Waals surface area contributed by atoms with Crippen LogP contribution >= 0.6 is 22.9 Å². The Balaban J connectivity index is 1.86. The van der Waals surface area contributed by atoms with Gasteiger partial charge in [0.25, 0.3) is 0 Å². The molecule has 1 aromatic heterocycles. The van der Waals surface area contributed by atoms with Gasteiger partial charge in [0, 0.05) is 4.88 Å². The first-order valence-electron chi connectivity index (χ1n) is 8.39. The van der Waals surface area contributed by atoms with Crippen molar-refractivity contribution in [3.05, 3.63) is 56.7 Å². The number of carboxylic acids is 1. The van der Waals surface area contributed by atoms with Crippen LogP contribution in [0.2, 0.25) is 4.34 Å². The van der Waals surface area contributed by atoms with Crippen molar-refractivity contribution in [2.75, 3.05) is 13.1 Å². The summed E-state index contributed by atoms with van der Waals surface area (Å²) in [6.45, 7) is 3.75.